The molecule has 2 heterocycles. The lowest BCUT2D eigenvalue weighted by molar-refractivity contribution is -0.137. The van der Waals surface area contributed by atoms with Gasteiger partial charge in [0, 0.05) is 29.2 Å². The molecular formula is C22H20N4O4S2. The fourth-order valence-corrected chi connectivity index (χ4v) is 5.22. The fourth-order valence-electron chi connectivity index (χ4n) is 3.28. The van der Waals surface area contributed by atoms with Crippen LogP contribution in [0.2, 0.25) is 0 Å². The molecule has 2 amide bonds. The Labute approximate surface area is 191 Å². The molecular weight excluding hydrogens is 448 g/mol. The number of hydrogen-bond acceptors (Lipinski definition) is 7. The zero-order valence-electron chi connectivity index (χ0n) is 17.1. The lowest BCUT2D eigenvalue weighted by Crippen LogP contribution is -2.41. The van der Waals surface area contributed by atoms with Crippen molar-refractivity contribution >= 4 is 68.2 Å². The van der Waals surface area contributed by atoms with E-state index in [1.54, 1.807) is 6.07 Å². The molecule has 0 aliphatic heterocycles. The Morgan fingerprint density at radius 1 is 1.28 bits per heavy atom. The van der Waals surface area contributed by atoms with Gasteiger partial charge in [-0.05, 0) is 29.8 Å². The van der Waals surface area contributed by atoms with Gasteiger partial charge in [-0.2, -0.15) is 0 Å². The largest absolute Gasteiger partial charge is 0.468 e. The van der Waals surface area contributed by atoms with E-state index in [0.29, 0.717) is 18.5 Å². The number of methoxy groups -OCH3 is 1. The maximum Gasteiger partial charge on any atom is 0.316 e. The van der Waals surface area contributed by atoms with Crippen LogP contribution in [0.25, 0.3) is 21.1 Å². The van der Waals surface area contributed by atoms with Gasteiger partial charge in [-0.25, -0.2) is 4.98 Å². The summed E-state index contributed by atoms with van der Waals surface area (Å²) in [5.41, 5.74) is 3.30. The van der Waals surface area contributed by atoms with Gasteiger partial charge in [0.1, 0.15) is 6.04 Å². The number of hydrogen-bond donors (Lipinski definition) is 3. The van der Waals surface area contributed by atoms with E-state index in [-0.39, 0.29) is 17.6 Å². The van der Waals surface area contributed by atoms with Crippen molar-refractivity contribution in [2.45, 2.75) is 16.8 Å². The standard InChI is InChI=1S/C22H20N4O4S2/c1-30-20(28)11-31-22-26-17-7-6-14(9-19(17)32-22)25-21(29)18(24-12-27)8-13-10-23-16-5-3-2-4-15(13)16/h2-7,9-10,12,18,23H,8,11H2,1H3,(H,24,27)(H,25,29). The quantitative estimate of drug-likeness (QED) is 0.197. The van der Waals surface area contributed by atoms with Gasteiger partial charge >= 0.3 is 5.97 Å². The van der Waals surface area contributed by atoms with Gasteiger partial charge in [0.25, 0.3) is 0 Å². The second-order valence-corrected chi connectivity index (χ2v) is 9.17. The van der Waals surface area contributed by atoms with Gasteiger partial charge in [0.05, 0.1) is 23.1 Å². The van der Waals surface area contributed by atoms with Crippen LogP contribution < -0.4 is 10.6 Å². The average Bonchev–Trinajstić information content (AvgIpc) is 3.40. The minimum atomic E-state index is -0.727. The van der Waals surface area contributed by atoms with Crippen LogP contribution in [0.15, 0.2) is 53.0 Å². The van der Waals surface area contributed by atoms with Crippen LogP contribution in [0.4, 0.5) is 5.69 Å². The Balaban J connectivity index is 1.47. The number of anilines is 1. The van der Waals surface area contributed by atoms with Crippen molar-refractivity contribution in [3.05, 3.63) is 54.2 Å². The molecule has 32 heavy (non-hydrogen) atoms. The van der Waals surface area contributed by atoms with Gasteiger partial charge < -0.3 is 20.4 Å². The van der Waals surface area contributed by atoms with Crippen LogP contribution >= 0.6 is 23.1 Å². The molecule has 0 aliphatic carbocycles. The normalized spacial score (nSPS) is 11.9. The molecule has 1 unspecified atom stereocenters. The van der Waals surface area contributed by atoms with Crippen LogP contribution in [0, 0.1) is 0 Å². The maximum atomic E-state index is 12.9. The number of amides is 2. The van der Waals surface area contributed by atoms with E-state index in [4.69, 9.17) is 0 Å². The summed E-state index contributed by atoms with van der Waals surface area (Å²) < 4.78 is 6.27. The topological polar surface area (TPSA) is 113 Å². The predicted octanol–water partition coefficient (Wildman–Crippen LogP) is 3.34. The van der Waals surface area contributed by atoms with E-state index < -0.39 is 6.04 Å². The number of fused-ring (bicyclic) bond motifs is 2. The molecule has 2 aromatic carbocycles. The predicted molar refractivity (Wildman–Crippen MR) is 126 cm³/mol. The van der Waals surface area contributed by atoms with E-state index >= 15 is 0 Å². The second kappa shape index (κ2) is 9.84. The summed E-state index contributed by atoms with van der Waals surface area (Å²) in [5.74, 6) is -0.440. The van der Waals surface area contributed by atoms with Gasteiger partial charge in [-0.15, -0.1) is 11.3 Å². The first kappa shape index (κ1) is 21.8. The van der Waals surface area contributed by atoms with Gasteiger partial charge in [-0.1, -0.05) is 30.0 Å². The number of thiazole rings is 1. The third kappa shape index (κ3) is 4.92. The highest BCUT2D eigenvalue weighted by molar-refractivity contribution is 8.01. The number of ether oxygens (including phenoxy) is 1. The molecule has 4 aromatic rings. The lowest BCUT2D eigenvalue weighted by atomic mass is 10.0. The molecule has 8 nitrogen and oxygen atoms in total. The Morgan fingerprint density at radius 3 is 2.94 bits per heavy atom. The van der Waals surface area contributed by atoms with Crippen molar-refractivity contribution < 1.29 is 19.1 Å². The number of carbonyl (C=O) groups excluding carboxylic acids is 3. The average molecular weight is 469 g/mol. The van der Waals surface area contributed by atoms with Gasteiger partial charge in [-0.3, -0.25) is 14.4 Å². The molecule has 1 atom stereocenters. The summed E-state index contributed by atoms with van der Waals surface area (Å²) in [6, 6.07) is 12.5. The van der Waals surface area contributed by atoms with E-state index in [0.717, 1.165) is 31.0 Å². The molecule has 164 valence electrons. The summed E-state index contributed by atoms with van der Waals surface area (Å²) in [5, 5.41) is 6.51. The Kier molecular flexibility index (Phi) is 6.72. The van der Waals surface area contributed by atoms with Crippen molar-refractivity contribution in [3.63, 3.8) is 0 Å². The smallest absolute Gasteiger partial charge is 0.316 e. The first-order valence-electron chi connectivity index (χ1n) is 9.73. The van der Waals surface area contributed by atoms with Crippen molar-refractivity contribution in [2.24, 2.45) is 0 Å². The first-order valence-corrected chi connectivity index (χ1v) is 11.5. The minimum Gasteiger partial charge on any atom is -0.468 e. The fraction of sp³-hybridized carbons (Fsp3) is 0.182. The van der Waals surface area contributed by atoms with Crippen LogP contribution in [-0.4, -0.2) is 47.2 Å². The molecule has 0 saturated carbocycles. The van der Waals surface area contributed by atoms with Crippen molar-refractivity contribution in [2.75, 3.05) is 18.2 Å². The number of rotatable bonds is 9. The monoisotopic (exact) mass is 468 g/mol. The molecule has 0 bridgehead atoms. The highest BCUT2D eigenvalue weighted by Gasteiger charge is 2.20. The van der Waals surface area contributed by atoms with Crippen molar-refractivity contribution in [1.82, 2.24) is 15.3 Å². The Hall–Kier alpha value is -3.37. The summed E-state index contributed by atoms with van der Waals surface area (Å²) >= 11 is 2.74. The molecule has 4 rings (SSSR count). The zero-order chi connectivity index (χ0) is 22.5. The van der Waals surface area contributed by atoms with Crippen LogP contribution in [0.5, 0.6) is 0 Å². The summed E-state index contributed by atoms with van der Waals surface area (Å²) in [6.07, 6.45) is 2.75. The highest BCUT2D eigenvalue weighted by Crippen LogP contribution is 2.31. The second-order valence-electron chi connectivity index (χ2n) is 6.92. The van der Waals surface area contributed by atoms with Gasteiger partial charge in [0.2, 0.25) is 12.3 Å². The third-order valence-corrected chi connectivity index (χ3v) is 7.00. The highest BCUT2D eigenvalue weighted by atomic mass is 32.2. The Bertz CT molecular complexity index is 1280. The number of aromatic amines is 1. The molecule has 0 fully saturated rings. The number of benzene rings is 2. The van der Waals surface area contributed by atoms with Crippen LogP contribution in [-0.2, 0) is 25.5 Å². The van der Waals surface area contributed by atoms with Crippen LogP contribution in [0.1, 0.15) is 5.56 Å². The molecule has 2 aromatic heterocycles. The number of nitrogens with zero attached hydrogens (tertiary/aromatic N) is 1. The Morgan fingerprint density at radius 2 is 2.12 bits per heavy atom. The molecule has 0 radical (unpaired) electrons. The van der Waals surface area contributed by atoms with Gasteiger partial charge in [0.15, 0.2) is 4.34 Å². The molecule has 0 spiro atoms. The lowest BCUT2D eigenvalue weighted by Gasteiger charge is -2.16. The number of thioether (sulfide) groups is 1. The maximum absolute atomic E-state index is 12.9. The number of para-hydroxylation sites is 1. The number of H-pyrrole nitrogens is 1. The summed E-state index contributed by atoms with van der Waals surface area (Å²) in [7, 11) is 1.35. The van der Waals surface area contributed by atoms with E-state index in [1.807, 2.05) is 42.6 Å². The minimum absolute atomic E-state index is 0.187. The first-order chi connectivity index (χ1) is 15.6. The molecule has 0 saturated heterocycles. The third-order valence-electron chi connectivity index (χ3n) is 4.86. The van der Waals surface area contributed by atoms with E-state index in [2.05, 4.69) is 25.3 Å². The number of nitrogens with one attached hydrogen (secondary N) is 3. The molecule has 0 aliphatic rings. The summed E-state index contributed by atoms with van der Waals surface area (Å²) in [4.78, 5) is 43.0. The van der Waals surface area contributed by atoms with Crippen molar-refractivity contribution in [1.29, 1.82) is 0 Å². The van der Waals surface area contributed by atoms with Crippen LogP contribution in [0.3, 0.4) is 0 Å². The number of esters is 1. The van der Waals surface area contributed by atoms with Crippen molar-refractivity contribution in [3.8, 4) is 0 Å². The number of carbonyl (C=O) groups is 3. The SMILES string of the molecule is COC(=O)CSc1nc2ccc(NC(=O)C(Cc3c[nH]c4ccccc34)NC=O)cc2s1. The molecule has 10 heteroatoms. The van der Waals surface area contributed by atoms with E-state index in [9.17, 15) is 14.4 Å². The number of aromatic nitrogens is 2. The summed E-state index contributed by atoms with van der Waals surface area (Å²) in [6.45, 7) is 0. The molecule has 3 N–H and O–H groups in total. The van der Waals surface area contributed by atoms with E-state index in [1.165, 1.54) is 30.2 Å². The zero-order valence-corrected chi connectivity index (χ0v) is 18.7.